The Morgan fingerprint density at radius 3 is 0.761 bits per heavy atom. The van der Waals surface area contributed by atoms with Gasteiger partial charge in [0.2, 0.25) is 0 Å². The molecule has 0 fully saturated rings. The summed E-state index contributed by atoms with van der Waals surface area (Å²) in [6.07, 6.45) is 43.3. The summed E-state index contributed by atoms with van der Waals surface area (Å²) in [5, 5.41) is 16.8. The summed E-state index contributed by atoms with van der Waals surface area (Å²) in [6.45, 7) is 11.5. The molecular formula is C42H86O4. The maximum absolute atomic E-state index is 10.2. The normalized spacial score (nSPS) is 10.7. The third kappa shape index (κ3) is 55.4. The molecule has 0 atom stereocenters. The van der Waals surface area contributed by atoms with Gasteiger partial charge in [0, 0.05) is 12.8 Å². The summed E-state index contributed by atoms with van der Waals surface area (Å²) in [5.74, 6) is -0.344. The molecule has 0 unspecified atom stereocenters. The van der Waals surface area contributed by atoms with Crippen LogP contribution in [0.2, 0.25) is 0 Å². The number of aliphatic carboxylic acids is 2. The van der Waals surface area contributed by atoms with Crippen molar-refractivity contribution in [2.24, 2.45) is 5.92 Å². The van der Waals surface area contributed by atoms with E-state index in [0.717, 1.165) is 31.6 Å². The average molecular weight is 655 g/mol. The summed E-state index contributed by atoms with van der Waals surface area (Å²) in [4.78, 5) is 20.4. The highest BCUT2D eigenvalue weighted by molar-refractivity contribution is 5.66. The van der Waals surface area contributed by atoms with Crippen molar-refractivity contribution < 1.29 is 19.8 Å². The summed E-state index contributed by atoms with van der Waals surface area (Å²) in [6, 6.07) is 0. The zero-order chi connectivity index (χ0) is 34.8. The molecule has 0 aliphatic carbocycles. The maximum atomic E-state index is 10.2. The summed E-state index contributed by atoms with van der Waals surface area (Å²) < 4.78 is 0. The van der Waals surface area contributed by atoms with Crippen molar-refractivity contribution in [3.63, 3.8) is 0 Å². The number of carboxylic acids is 2. The van der Waals surface area contributed by atoms with E-state index in [9.17, 15) is 9.59 Å². The topological polar surface area (TPSA) is 74.6 Å². The van der Waals surface area contributed by atoms with E-state index in [-0.39, 0.29) is 0 Å². The van der Waals surface area contributed by atoms with Crippen LogP contribution >= 0.6 is 0 Å². The number of carboxylic acid groups (broad SMARTS) is 2. The van der Waals surface area contributed by atoms with E-state index < -0.39 is 11.9 Å². The lowest BCUT2D eigenvalue weighted by Crippen LogP contribution is -1.95. The lowest BCUT2D eigenvalue weighted by molar-refractivity contribution is -0.138. The van der Waals surface area contributed by atoms with Gasteiger partial charge >= 0.3 is 11.9 Å². The second-order valence-electron chi connectivity index (χ2n) is 14.2. The van der Waals surface area contributed by atoms with Crippen LogP contribution in [0.3, 0.4) is 0 Å². The smallest absolute Gasteiger partial charge is 0.303 e. The van der Waals surface area contributed by atoms with Crippen LogP contribution in [-0.2, 0) is 9.59 Å². The fourth-order valence-corrected chi connectivity index (χ4v) is 5.86. The SMILES string of the molecule is CCCCCCCCC(C)CCCCCCCC.CCCCCCCCCCCC(=O)O.CCCCCCCCCCCC(=O)O. The minimum atomic E-state index is -0.659. The van der Waals surface area contributed by atoms with Crippen molar-refractivity contribution in [1.82, 2.24) is 0 Å². The highest BCUT2D eigenvalue weighted by Gasteiger charge is 2.02. The largest absolute Gasteiger partial charge is 0.481 e. The molecule has 2 N–H and O–H groups in total. The molecule has 0 aliphatic rings. The highest BCUT2D eigenvalue weighted by atomic mass is 16.4. The van der Waals surface area contributed by atoms with Crippen molar-refractivity contribution in [2.75, 3.05) is 0 Å². The molecule has 0 spiro atoms. The van der Waals surface area contributed by atoms with E-state index in [1.54, 1.807) is 0 Å². The number of carbonyl (C=O) groups is 2. The van der Waals surface area contributed by atoms with Gasteiger partial charge in [-0.15, -0.1) is 0 Å². The van der Waals surface area contributed by atoms with E-state index in [1.807, 2.05) is 0 Å². The van der Waals surface area contributed by atoms with E-state index >= 15 is 0 Å². The predicted molar refractivity (Wildman–Crippen MR) is 204 cm³/mol. The molecule has 0 aromatic heterocycles. The summed E-state index contributed by atoms with van der Waals surface area (Å²) in [7, 11) is 0. The van der Waals surface area contributed by atoms with Gasteiger partial charge in [-0.2, -0.15) is 0 Å². The average Bonchev–Trinajstić information content (AvgIpc) is 3.03. The highest BCUT2D eigenvalue weighted by Crippen LogP contribution is 2.18. The quantitative estimate of drug-likeness (QED) is 0.0677. The Kier molecular flexibility index (Phi) is 49.4. The minimum Gasteiger partial charge on any atom is -0.481 e. The zero-order valence-electron chi connectivity index (χ0n) is 32.3. The van der Waals surface area contributed by atoms with Crippen LogP contribution in [0.15, 0.2) is 0 Å². The molecule has 0 bridgehead atoms. The number of rotatable bonds is 34. The van der Waals surface area contributed by atoms with Crippen LogP contribution in [0.25, 0.3) is 0 Å². The van der Waals surface area contributed by atoms with Crippen molar-refractivity contribution in [3.8, 4) is 0 Å². The van der Waals surface area contributed by atoms with Gasteiger partial charge in [0.1, 0.15) is 0 Å². The standard InChI is InChI=1S/C18H38.2C12H24O2/c1-4-6-8-10-12-14-16-18(3)17-15-13-11-9-7-5-2;2*1-2-3-4-5-6-7-8-9-10-11-12(13)14/h18H,4-17H2,1-3H3;2*2-11H2,1H3,(H,13,14). The van der Waals surface area contributed by atoms with Crippen LogP contribution in [0.1, 0.15) is 253 Å². The number of hydrogen-bond acceptors (Lipinski definition) is 2. The van der Waals surface area contributed by atoms with Crippen molar-refractivity contribution >= 4 is 11.9 Å². The van der Waals surface area contributed by atoms with E-state index in [2.05, 4.69) is 34.6 Å². The molecule has 4 nitrogen and oxygen atoms in total. The minimum absolute atomic E-state index is 0.343. The third-order valence-electron chi connectivity index (χ3n) is 9.09. The Bertz CT molecular complexity index is 514. The maximum Gasteiger partial charge on any atom is 0.303 e. The fourth-order valence-electron chi connectivity index (χ4n) is 5.86. The lowest BCUT2D eigenvalue weighted by atomic mass is 9.96. The first-order chi connectivity index (χ1) is 22.3. The molecule has 0 saturated carbocycles. The van der Waals surface area contributed by atoms with Crippen LogP contribution in [-0.4, -0.2) is 22.2 Å². The van der Waals surface area contributed by atoms with Crippen molar-refractivity contribution in [2.45, 2.75) is 253 Å². The van der Waals surface area contributed by atoms with Crippen LogP contribution in [0, 0.1) is 5.92 Å². The van der Waals surface area contributed by atoms with Gasteiger partial charge in [-0.3, -0.25) is 9.59 Å². The van der Waals surface area contributed by atoms with Crippen LogP contribution in [0.4, 0.5) is 0 Å². The van der Waals surface area contributed by atoms with Crippen LogP contribution < -0.4 is 0 Å². The van der Waals surface area contributed by atoms with Gasteiger partial charge in [-0.05, 0) is 18.8 Å². The third-order valence-corrected chi connectivity index (χ3v) is 9.09. The molecule has 0 heterocycles. The van der Waals surface area contributed by atoms with E-state index in [1.165, 1.54) is 180 Å². The molecule has 0 radical (unpaired) electrons. The van der Waals surface area contributed by atoms with Gasteiger partial charge in [0.25, 0.3) is 0 Å². The Morgan fingerprint density at radius 2 is 0.543 bits per heavy atom. The first-order valence-corrected chi connectivity index (χ1v) is 20.8. The first kappa shape index (κ1) is 49.3. The first-order valence-electron chi connectivity index (χ1n) is 20.8. The molecule has 0 aromatic carbocycles. The lowest BCUT2D eigenvalue weighted by Gasteiger charge is -2.10. The Balaban J connectivity index is -0.000000610. The molecular weight excluding hydrogens is 568 g/mol. The van der Waals surface area contributed by atoms with Gasteiger partial charge in [-0.1, -0.05) is 227 Å². The fraction of sp³-hybridized carbons (Fsp3) is 0.952. The second-order valence-corrected chi connectivity index (χ2v) is 14.2. The van der Waals surface area contributed by atoms with Gasteiger partial charge in [0.15, 0.2) is 0 Å². The van der Waals surface area contributed by atoms with E-state index in [0.29, 0.717) is 12.8 Å². The van der Waals surface area contributed by atoms with Gasteiger partial charge in [0.05, 0.1) is 0 Å². The molecule has 46 heavy (non-hydrogen) atoms. The monoisotopic (exact) mass is 655 g/mol. The molecule has 0 aliphatic heterocycles. The second kappa shape index (κ2) is 46.1. The molecule has 4 heteroatoms. The van der Waals surface area contributed by atoms with Crippen molar-refractivity contribution in [3.05, 3.63) is 0 Å². The number of hydrogen-bond donors (Lipinski definition) is 2. The predicted octanol–water partition coefficient (Wildman–Crippen LogP) is 15.1. The molecule has 278 valence electrons. The summed E-state index contributed by atoms with van der Waals surface area (Å²) in [5.41, 5.74) is 0. The number of unbranched alkanes of at least 4 members (excludes halogenated alkanes) is 26. The van der Waals surface area contributed by atoms with E-state index in [4.69, 9.17) is 10.2 Å². The molecule has 0 rings (SSSR count). The Labute approximate surface area is 290 Å². The van der Waals surface area contributed by atoms with Crippen LogP contribution in [0.5, 0.6) is 0 Å². The molecule has 0 saturated heterocycles. The molecule has 0 amide bonds. The van der Waals surface area contributed by atoms with Gasteiger partial charge in [-0.25, -0.2) is 0 Å². The van der Waals surface area contributed by atoms with Gasteiger partial charge < -0.3 is 10.2 Å². The zero-order valence-corrected chi connectivity index (χ0v) is 32.3. The summed E-state index contributed by atoms with van der Waals surface area (Å²) >= 11 is 0. The van der Waals surface area contributed by atoms with Crippen molar-refractivity contribution in [1.29, 1.82) is 0 Å². The Morgan fingerprint density at radius 1 is 0.348 bits per heavy atom. The molecule has 0 aromatic rings. The Hall–Kier alpha value is -1.06.